The Kier molecular flexibility index (Phi) is 10.0. The Morgan fingerprint density at radius 3 is 2.49 bits per heavy atom. The van der Waals surface area contributed by atoms with Gasteiger partial charge in [-0.3, -0.25) is 15.0 Å². The first-order valence-electron chi connectivity index (χ1n) is 12.3. The van der Waals surface area contributed by atoms with Crippen molar-refractivity contribution < 1.29 is 28.7 Å². The zero-order chi connectivity index (χ0) is 27.6. The average molecular weight is 570 g/mol. The molecule has 1 aromatic heterocycles. The predicted molar refractivity (Wildman–Crippen MR) is 149 cm³/mol. The molecule has 4 rings (SSSR count). The minimum Gasteiger partial charge on any atom is -0.445 e. The number of pyridine rings is 1. The fourth-order valence-electron chi connectivity index (χ4n) is 3.85. The predicted octanol–water partition coefficient (Wildman–Crippen LogP) is 7.03. The Hall–Kier alpha value is -3.77. The van der Waals surface area contributed by atoms with E-state index in [9.17, 15) is 19.7 Å². The Bertz CT molecular complexity index is 1260. The molecular weight excluding hydrogens is 542 g/mol. The second-order valence-corrected chi connectivity index (χ2v) is 11.2. The SMILES string of the molecule is CN(C(=O)OC1CCCCC1SSc1ccccn1)c1ccc(COC(=O)Oc2ccc([N+](=O)[O-])cc2)cc1. The van der Waals surface area contributed by atoms with Crippen LogP contribution in [0.1, 0.15) is 31.2 Å². The fraction of sp³-hybridized carbons (Fsp3) is 0.296. The number of carbonyl (C=O) groups excluding carboxylic acids is 2. The van der Waals surface area contributed by atoms with Crippen LogP contribution in [0.4, 0.5) is 21.0 Å². The lowest BCUT2D eigenvalue weighted by Crippen LogP contribution is -2.37. The molecule has 39 heavy (non-hydrogen) atoms. The number of amides is 1. The van der Waals surface area contributed by atoms with Crippen LogP contribution in [0.15, 0.2) is 78.0 Å². The lowest BCUT2D eigenvalue weighted by Gasteiger charge is -2.31. The third kappa shape index (κ3) is 8.36. The highest BCUT2D eigenvalue weighted by atomic mass is 33.1. The van der Waals surface area contributed by atoms with Crippen molar-refractivity contribution in [3.05, 3.63) is 88.6 Å². The van der Waals surface area contributed by atoms with Gasteiger partial charge in [0.25, 0.3) is 5.69 Å². The number of hydrogen-bond donors (Lipinski definition) is 0. The van der Waals surface area contributed by atoms with E-state index >= 15 is 0 Å². The van der Waals surface area contributed by atoms with Crippen LogP contribution in [-0.4, -0.2) is 40.6 Å². The molecule has 1 aliphatic rings. The molecule has 204 valence electrons. The number of anilines is 1. The van der Waals surface area contributed by atoms with Crippen LogP contribution in [0.5, 0.6) is 5.75 Å². The van der Waals surface area contributed by atoms with Gasteiger partial charge in [-0.25, -0.2) is 14.6 Å². The second kappa shape index (κ2) is 13.9. The molecule has 2 unspecified atom stereocenters. The summed E-state index contributed by atoms with van der Waals surface area (Å²) in [7, 11) is 4.96. The highest BCUT2D eigenvalue weighted by Crippen LogP contribution is 2.40. The van der Waals surface area contributed by atoms with Gasteiger partial charge < -0.3 is 14.2 Å². The van der Waals surface area contributed by atoms with Gasteiger partial charge in [-0.2, -0.15) is 0 Å². The third-order valence-electron chi connectivity index (χ3n) is 5.99. The third-order valence-corrected chi connectivity index (χ3v) is 8.83. The largest absolute Gasteiger partial charge is 0.514 e. The summed E-state index contributed by atoms with van der Waals surface area (Å²) in [6, 6.07) is 17.9. The molecule has 1 fully saturated rings. The van der Waals surface area contributed by atoms with Crippen LogP contribution in [0.3, 0.4) is 0 Å². The molecule has 0 N–H and O–H groups in total. The molecule has 1 amide bonds. The number of nitro benzene ring substituents is 1. The van der Waals surface area contributed by atoms with Crippen molar-refractivity contribution >= 4 is 45.2 Å². The lowest BCUT2D eigenvalue weighted by atomic mass is 9.97. The van der Waals surface area contributed by atoms with Crippen molar-refractivity contribution in [3.63, 3.8) is 0 Å². The lowest BCUT2D eigenvalue weighted by molar-refractivity contribution is -0.384. The number of benzene rings is 2. The molecule has 10 nitrogen and oxygen atoms in total. The fourth-order valence-corrected chi connectivity index (χ4v) is 6.51. The number of aromatic nitrogens is 1. The van der Waals surface area contributed by atoms with E-state index in [1.54, 1.807) is 59.1 Å². The monoisotopic (exact) mass is 569 g/mol. The van der Waals surface area contributed by atoms with E-state index in [4.69, 9.17) is 14.2 Å². The molecule has 1 aliphatic carbocycles. The van der Waals surface area contributed by atoms with Crippen LogP contribution < -0.4 is 9.64 Å². The quantitative estimate of drug-likeness (QED) is 0.0872. The Balaban J connectivity index is 1.25. The number of hydrogen-bond acceptors (Lipinski definition) is 10. The van der Waals surface area contributed by atoms with E-state index < -0.39 is 17.2 Å². The van der Waals surface area contributed by atoms with Gasteiger partial charge in [-0.1, -0.05) is 35.4 Å². The van der Waals surface area contributed by atoms with Gasteiger partial charge in [0.05, 0.1) is 10.2 Å². The van der Waals surface area contributed by atoms with Crippen molar-refractivity contribution in [1.29, 1.82) is 0 Å². The number of non-ortho nitro benzene ring substituents is 1. The van der Waals surface area contributed by atoms with Gasteiger partial charge in [0, 0.05) is 31.1 Å². The van der Waals surface area contributed by atoms with E-state index in [0.29, 0.717) is 11.3 Å². The normalized spacial score (nSPS) is 16.6. The minimum atomic E-state index is -0.935. The maximum absolute atomic E-state index is 12.9. The zero-order valence-electron chi connectivity index (χ0n) is 21.1. The van der Waals surface area contributed by atoms with Crippen LogP contribution in [-0.2, 0) is 16.1 Å². The highest BCUT2D eigenvalue weighted by Gasteiger charge is 2.30. The van der Waals surface area contributed by atoms with Crippen LogP contribution >= 0.6 is 21.6 Å². The van der Waals surface area contributed by atoms with Gasteiger partial charge in [0.2, 0.25) is 0 Å². The second-order valence-electron chi connectivity index (χ2n) is 8.71. The van der Waals surface area contributed by atoms with Gasteiger partial charge in [-0.05, 0) is 72.0 Å². The number of carbonyl (C=O) groups is 2. The van der Waals surface area contributed by atoms with Crippen LogP contribution in [0.2, 0.25) is 0 Å². The minimum absolute atomic E-state index is 0.0465. The molecule has 0 aliphatic heterocycles. The molecule has 2 atom stereocenters. The van der Waals surface area contributed by atoms with Gasteiger partial charge in [-0.15, -0.1) is 0 Å². The summed E-state index contributed by atoms with van der Waals surface area (Å²) < 4.78 is 16.0. The summed E-state index contributed by atoms with van der Waals surface area (Å²) in [6.45, 7) is -0.0465. The maximum atomic E-state index is 12.9. The molecule has 2 aromatic carbocycles. The van der Waals surface area contributed by atoms with Gasteiger partial charge in [0.1, 0.15) is 23.5 Å². The molecular formula is C27H27N3O7S2. The molecule has 0 saturated heterocycles. The first-order valence-corrected chi connectivity index (χ1v) is 14.5. The smallest absolute Gasteiger partial charge is 0.445 e. The van der Waals surface area contributed by atoms with Crippen molar-refractivity contribution in [2.45, 2.75) is 48.7 Å². The summed E-state index contributed by atoms with van der Waals surface area (Å²) in [5.41, 5.74) is 1.22. The molecule has 0 radical (unpaired) electrons. The molecule has 0 spiro atoms. The highest BCUT2D eigenvalue weighted by molar-refractivity contribution is 8.76. The molecule has 3 aromatic rings. The Morgan fingerprint density at radius 1 is 1.05 bits per heavy atom. The summed E-state index contributed by atoms with van der Waals surface area (Å²) in [4.78, 5) is 40.8. The number of nitrogens with zero attached hydrogens (tertiary/aromatic N) is 3. The summed E-state index contributed by atoms with van der Waals surface area (Å²) in [5.74, 6) is 0.134. The number of rotatable bonds is 9. The van der Waals surface area contributed by atoms with E-state index in [2.05, 4.69) is 4.98 Å². The molecule has 12 heteroatoms. The van der Waals surface area contributed by atoms with Crippen molar-refractivity contribution in [2.24, 2.45) is 0 Å². The Labute approximate surface area is 233 Å². The Morgan fingerprint density at radius 2 is 1.79 bits per heavy atom. The zero-order valence-corrected chi connectivity index (χ0v) is 22.8. The van der Waals surface area contributed by atoms with Crippen LogP contribution in [0, 0.1) is 10.1 Å². The maximum Gasteiger partial charge on any atom is 0.514 e. The standard InChI is InChI=1S/C27H27N3O7S2/c1-29(26(31)37-23-6-2-3-7-24(23)38-39-25-8-4-5-17-28-25)20-11-9-19(10-12-20)18-35-27(32)36-22-15-13-21(14-16-22)30(33)34/h4-5,8-17,23-24H,2-3,6-7,18H2,1H3. The molecule has 1 saturated carbocycles. The topological polar surface area (TPSA) is 121 Å². The molecule has 1 heterocycles. The number of nitro groups is 1. The van der Waals surface area contributed by atoms with E-state index in [0.717, 1.165) is 30.7 Å². The van der Waals surface area contributed by atoms with Crippen LogP contribution in [0.25, 0.3) is 0 Å². The average Bonchev–Trinajstić information content (AvgIpc) is 2.96. The van der Waals surface area contributed by atoms with Gasteiger partial charge >= 0.3 is 12.2 Å². The first kappa shape index (κ1) is 28.2. The number of ether oxygens (including phenoxy) is 3. The van der Waals surface area contributed by atoms with E-state index in [-0.39, 0.29) is 29.4 Å². The summed E-state index contributed by atoms with van der Waals surface area (Å²) in [6.07, 6.45) is 4.16. The summed E-state index contributed by atoms with van der Waals surface area (Å²) >= 11 is 0. The van der Waals surface area contributed by atoms with E-state index in [1.807, 2.05) is 18.2 Å². The first-order chi connectivity index (χ1) is 18.9. The van der Waals surface area contributed by atoms with Crippen molar-refractivity contribution in [3.8, 4) is 5.75 Å². The van der Waals surface area contributed by atoms with E-state index in [1.165, 1.54) is 29.2 Å². The summed E-state index contributed by atoms with van der Waals surface area (Å²) in [5, 5.41) is 11.8. The van der Waals surface area contributed by atoms with Crippen molar-refractivity contribution in [2.75, 3.05) is 11.9 Å². The molecule has 0 bridgehead atoms. The van der Waals surface area contributed by atoms with Gasteiger partial charge in [0.15, 0.2) is 0 Å². The van der Waals surface area contributed by atoms with Crippen molar-refractivity contribution in [1.82, 2.24) is 4.98 Å².